The fourth-order valence-electron chi connectivity index (χ4n) is 1.62. The number of carbonyl (C=O) groups excluding carboxylic acids is 1. The lowest BCUT2D eigenvalue weighted by atomic mass is 10.1. The van der Waals surface area contributed by atoms with Gasteiger partial charge in [-0.15, -0.1) is 11.8 Å². The van der Waals surface area contributed by atoms with Gasteiger partial charge in [0.2, 0.25) is 5.91 Å². The number of carboxylic acid groups (broad SMARTS) is 1. The molecule has 2 unspecified atom stereocenters. The van der Waals surface area contributed by atoms with Crippen LogP contribution in [-0.4, -0.2) is 48.6 Å². The maximum absolute atomic E-state index is 11.5. The zero-order valence-corrected chi connectivity index (χ0v) is 10.5. The molecule has 15 heavy (non-hydrogen) atoms. The van der Waals surface area contributed by atoms with Crippen LogP contribution in [0, 0.1) is 0 Å². The van der Waals surface area contributed by atoms with E-state index in [1.54, 1.807) is 0 Å². The maximum Gasteiger partial charge on any atom is 0.352 e. The average molecular weight is 341 g/mol. The number of halogens is 1. The van der Waals surface area contributed by atoms with E-state index in [9.17, 15) is 9.59 Å². The van der Waals surface area contributed by atoms with Crippen LogP contribution in [0.1, 0.15) is 0 Å². The molecular formula is C8H8INO4S. The predicted octanol–water partition coefficient (Wildman–Crippen LogP) is 0.0361. The van der Waals surface area contributed by atoms with Crippen LogP contribution in [0.3, 0.4) is 0 Å². The Morgan fingerprint density at radius 3 is 2.87 bits per heavy atom. The number of aliphatic hydroxyl groups excluding tert-OH is 1. The van der Waals surface area contributed by atoms with Gasteiger partial charge in [-0.1, -0.05) is 22.6 Å². The van der Waals surface area contributed by atoms with Crippen molar-refractivity contribution in [1.29, 1.82) is 0 Å². The van der Waals surface area contributed by atoms with Crippen LogP contribution in [0.25, 0.3) is 0 Å². The van der Waals surface area contributed by atoms with E-state index in [4.69, 9.17) is 10.2 Å². The lowest BCUT2D eigenvalue weighted by molar-refractivity contribution is -0.145. The van der Waals surface area contributed by atoms with Gasteiger partial charge in [-0.3, -0.25) is 9.69 Å². The fourth-order valence-corrected chi connectivity index (χ4v) is 4.11. The molecule has 2 N–H and O–H groups in total. The summed E-state index contributed by atoms with van der Waals surface area (Å²) in [5, 5.41) is 17.9. The highest BCUT2D eigenvalue weighted by molar-refractivity contribution is 14.1. The van der Waals surface area contributed by atoms with Gasteiger partial charge >= 0.3 is 5.97 Å². The number of amides is 1. The number of nitrogens with zero attached hydrogens (tertiary/aromatic N) is 1. The van der Waals surface area contributed by atoms with Gasteiger partial charge in [0, 0.05) is 5.75 Å². The molecule has 0 aromatic rings. The van der Waals surface area contributed by atoms with Crippen molar-refractivity contribution in [2.24, 2.45) is 0 Å². The zero-order valence-electron chi connectivity index (χ0n) is 7.51. The molecule has 0 aliphatic carbocycles. The van der Waals surface area contributed by atoms with Crippen molar-refractivity contribution >= 4 is 46.2 Å². The van der Waals surface area contributed by atoms with Crippen LogP contribution in [0.4, 0.5) is 0 Å². The van der Waals surface area contributed by atoms with Crippen molar-refractivity contribution < 1.29 is 19.8 Å². The standard InChI is InChI=1S/C8H8INO4S/c9-4-6(12)10-5(8(13)14)3(1-11)2-15-7(4)10/h4,7,11H,1-2H2,(H,13,14). The first-order valence-electron chi connectivity index (χ1n) is 4.23. The smallest absolute Gasteiger partial charge is 0.352 e. The number of β-lactam (4-membered cyclic amide) rings is 1. The Balaban J connectivity index is 2.38. The number of fused-ring (bicyclic) bond motifs is 1. The lowest BCUT2D eigenvalue weighted by Gasteiger charge is -2.47. The van der Waals surface area contributed by atoms with Crippen molar-refractivity contribution in [1.82, 2.24) is 4.90 Å². The van der Waals surface area contributed by atoms with Crippen LogP contribution < -0.4 is 0 Å². The summed E-state index contributed by atoms with van der Waals surface area (Å²) in [6, 6.07) is 0. The Morgan fingerprint density at radius 2 is 2.33 bits per heavy atom. The largest absolute Gasteiger partial charge is 0.477 e. The Hall–Kier alpha value is -0.280. The van der Waals surface area contributed by atoms with Gasteiger partial charge in [0.1, 0.15) is 15.0 Å². The first-order valence-corrected chi connectivity index (χ1v) is 6.52. The number of carboxylic acids is 1. The number of thioether (sulfide) groups is 1. The topological polar surface area (TPSA) is 77.8 Å². The van der Waals surface area contributed by atoms with E-state index in [2.05, 4.69) is 0 Å². The summed E-state index contributed by atoms with van der Waals surface area (Å²) in [7, 11) is 0. The Kier molecular flexibility index (Phi) is 2.95. The highest BCUT2D eigenvalue weighted by Crippen LogP contribution is 2.43. The summed E-state index contributed by atoms with van der Waals surface area (Å²) in [5.74, 6) is -0.844. The molecular weight excluding hydrogens is 333 g/mol. The molecule has 2 heterocycles. The van der Waals surface area contributed by atoms with Crippen molar-refractivity contribution in [2.45, 2.75) is 9.30 Å². The Bertz CT molecular complexity index is 370. The molecule has 0 aromatic carbocycles. The maximum atomic E-state index is 11.5. The number of hydrogen-bond donors (Lipinski definition) is 2. The van der Waals surface area contributed by atoms with E-state index >= 15 is 0 Å². The van der Waals surface area contributed by atoms with Crippen LogP contribution in [-0.2, 0) is 9.59 Å². The molecule has 82 valence electrons. The normalized spacial score (nSPS) is 30.0. The van der Waals surface area contributed by atoms with Crippen LogP contribution >= 0.6 is 34.4 Å². The molecule has 1 fully saturated rings. The first-order chi connectivity index (χ1) is 7.07. The van der Waals surface area contributed by atoms with E-state index in [1.165, 1.54) is 16.7 Å². The second-order valence-corrected chi connectivity index (χ2v) is 5.67. The summed E-state index contributed by atoms with van der Waals surface area (Å²) in [4.78, 5) is 23.8. The third-order valence-corrected chi connectivity index (χ3v) is 5.42. The molecule has 7 heteroatoms. The van der Waals surface area contributed by atoms with Gasteiger partial charge in [0.15, 0.2) is 0 Å². The summed E-state index contributed by atoms with van der Waals surface area (Å²) in [5.41, 5.74) is 0.388. The van der Waals surface area contributed by atoms with E-state index in [-0.39, 0.29) is 27.5 Å². The summed E-state index contributed by atoms with van der Waals surface area (Å²) in [6.45, 7) is -0.308. The third-order valence-electron chi connectivity index (χ3n) is 2.38. The SMILES string of the molecule is O=C(O)C1=C(CO)CSC2C(I)C(=O)N12. The predicted molar refractivity (Wildman–Crippen MR) is 62.6 cm³/mol. The van der Waals surface area contributed by atoms with E-state index in [1.807, 2.05) is 22.6 Å². The summed E-state index contributed by atoms with van der Waals surface area (Å²) >= 11 is 3.51. The second kappa shape index (κ2) is 3.95. The quantitative estimate of drug-likeness (QED) is 0.421. The van der Waals surface area contributed by atoms with Crippen LogP contribution in [0.5, 0.6) is 0 Å². The van der Waals surface area contributed by atoms with E-state index in [0.717, 1.165) is 0 Å². The van der Waals surface area contributed by atoms with Crippen molar-refractivity contribution in [3.05, 3.63) is 11.3 Å². The minimum Gasteiger partial charge on any atom is -0.477 e. The number of aliphatic carboxylic acids is 1. The van der Waals surface area contributed by atoms with Gasteiger partial charge in [0.25, 0.3) is 0 Å². The van der Waals surface area contributed by atoms with E-state index in [0.29, 0.717) is 11.3 Å². The Morgan fingerprint density at radius 1 is 1.67 bits per heavy atom. The average Bonchev–Trinajstić information content (AvgIpc) is 2.25. The molecule has 0 saturated carbocycles. The highest BCUT2D eigenvalue weighted by atomic mass is 127. The monoisotopic (exact) mass is 341 g/mol. The Labute approximate surface area is 104 Å². The lowest BCUT2D eigenvalue weighted by Crippen LogP contribution is -2.62. The molecule has 0 spiro atoms. The number of hydrogen-bond acceptors (Lipinski definition) is 4. The highest BCUT2D eigenvalue weighted by Gasteiger charge is 2.52. The van der Waals surface area contributed by atoms with Crippen molar-refractivity contribution in [2.75, 3.05) is 12.4 Å². The molecule has 0 radical (unpaired) electrons. The van der Waals surface area contributed by atoms with Crippen LogP contribution in [0.2, 0.25) is 0 Å². The number of aliphatic hydroxyl groups is 1. The third kappa shape index (κ3) is 1.56. The molecule has 0 bridgehead atoms. The number of rotatable bonds is 2. The molecule has 2 rings (SSSR count). The van der Waals surface area contributed by atoms with Gasteiger partial charge in [-0.2, -0.15) is 0 Å². The van der Waals surface area contributed by atoms with Gasteiger partial charge in [-0.25, -0.2) is 4.79 Å². The van der Waals surface area contributed by atoms with Crippen LogP contribution in [0.15, 0.2) is 11.3 Å². The first kappa shape index (κ1) is 11.2. The molecule has 5 nitrogen and oxygen atoms in total. The number of carbonyl (C=O) groups is 2. The summed E-state index contributed by atoms with van der Waals surface area (Å²) < 4.78 is -0.151. The molecule has 2 aliphatic rings. The van der Waals surface area contributed by atoms with Gasteiger partial charge in [0.05, 0.1) is 6.61 Å². The molecule has 2 aliphatic heterocycles. The molecule has 2 atom stereocenters. The second-order valence-electron chi connectivity index (χ2n) is 3.23. The molecule has 1 saturated heterocycles. The van der Waals surface area contributed by atoms with E-state index < -0.39 is 5.97 Å². The van der Waals surface area contributed by atoms with Gasteiger partial charge < -0.3 is 10.2 Å². The molecule has 0 aromatic heterocycles. The minimum atomic E-state index is -1.14. The minimum absolute atomic E-state index is 0.0285. The zero-order chi connectivity index (χ0) is 11.2. The summed E-state index contributed by atoms with van der Waals surface area (Å²) in [6.07, 6.45) is 0. The fraction of sp³-hybridized carbons (Fsp3) is 0.500. The van der Waals surface area contributed by atoms with Gasteiger partial charge in [-0.05, 0) is 5.57 Å². The van der Waals surface area contributed by atoms with Crippen molar-refractivity contribution in [3.8, 4) is 0 Å². The molecule has 1 amide bonds. The number of alkyl halides is 1. The van der Waals surface area contributed by atoms with Crippen molar-refractivity contribution in [3.63, 3.8) is 0 Å².